The van der Waals surface area contributed by atoms with Crippen LogP contribution in [0, 0.1) is 0 Å². The molecule has 3 atom stereocenters. The second-order valence-corrected chi connectivity index (χ2v) is 9.43. The molecule has 1 aliphatic heterocycles. The average Bonchev–Trinajstić information content (AvgIpc) is 2.86. The summed E-state index contributed by atoms with van der Waals surface area (Å²) in [5.74, 6) is -0.499. The zero-order valence-corrected chi connectivity index (χ0v) is 17.8. The van der Waals surface area contributed by atoms with Gasteiger partial charge in [-0.1, -0.05) is 23.7 Å². The first-order valence-corrected chi connectivity index (χ1v) is 11.0. The molecule has 2 aromatic rings. The van der Waals surface area contributed by atoms with Crippen molar-refractivity contribution in [3.63, 3.8) is 0 Å². The third-order valence-corrected chi connectivity index (χ3v) is 7.70. The Labute approximate surface area is 174 Å². The molecule has 1 aliphatic rings. The smallest absolute Gasteiger partial charge is 0.318 e. The molecule has 0 radical (unpaired) electrons. The normalized spacial score (nSPS) is 25.3. The maximum Gasteiger partial charge on any atom is 0.318 e. The Hall–Kier alpha value is -1.89. The molecule has 0 aromatic heterocycles. The molecule has 2 aromatic carbocycles. The van der Waals surface area contributed by atoms with E-state index in [9.17, 15) is 14.5 Å². The number of aliphatic carboxylic acids is 1. The fraction of sp³-hybridized carbons (Fsp3) is 0.350. The van der Waals surface area contributed by atoms with Crippen LogP contribution >= 0.6 is 19.1 Å². The Balaban J connectivity index is 2.12. The summed E-state index contributed by atoms with van der Waals surface area (Å²) in [4.78, 5) is 11.7. The minimum atomic E-state index is -3.70. The number of carbonyl (C=O) groups is 1. The van der Waals surface area contributed by atoms with Gasteiger partial charge in [-0.2, -0.15) is 0 Å². The van der Waals surface area contributed by atoms with Gasteiger partial charge in [-0.25, -0.2) is 4.67 Å². The quantitative estimate of drug-likeness (QED) is 0.686. The first-order chi connectivity index (χ1) is 13.9. The van der Waals surface area contributed by atoms with E-state index in [4.69, 9.17) is 25.6 Å². The van der Waals surface area contributed by atoms with Crippen LogP contribution in [0.25, 0.3) is 0 Å². The molecule has 9 heteroatoms. The molecule has 0 saturated carbocycles. The van der Waals surface area contributed by atoms with Crippen molar-refractivity contribution in [2.24, 2.45) is 0 Å². The Morgan fingerprint density at radius 3 is 2.41 bits per heavy atom. The van der Waals surface area contributed by atoms with E-state index < -0.39 is 26.1 Å². The van der Waals surface area contributed by atoms with Gasteiger partial charge in [0.15, 0.2) is 0 Å². The third kappa shape index (κ3) is 4.82. The predicted octanol–water partition coefficient (Wildman–Crippen LogP) is 3.73. The zero-order valence-electron chi connectivity index (χ0n) is 16.2. The van der Waals surface area contributed by atoms with E-state index in [0.29, 0.717) is 22.5 Å². The molecule has 1 heterocycles. The van der Waals surface area contributed by atoms with Crippen LogP contribution in [0.5, 0.6) is 5.75 Å². The summed E-state index contributed by atoms with van der Waals surface area (Å²) in [6.07, 6.45) is 0.0759. The molecule has 1 saturated heterocycles. The van der Waals surface area contributed by atoms with Gasteiger partial charge >= 0.3 is 13.5 Å². The third-order valence-electron chi connectivity index (χ3n) is 4.90. The van der Waals surface area contributed by atoms with Gasteiger partial charge in [-0.3, -0.25) is 9.36 Å². The SMILES string of the molecule is COc1ccc(P2(=O)OCC(OC)CC(c3ccc(Cl)cc3)N2CC(=O)O)cc1. The second-order valence-electron chi connectivity index (χ2n) is 6.67. The number of hydrogen-bond donors (Lipinski definition) is 1. The minimum absolute atomic E-state index is 0.0833. The molecule has 0 aliphatic carbocycles. The number of methoxy groups -OCH3 is 2. The Morgan fingerprint density at radius 1 is 1.21 bits per heavy atom. The van der Waals surface area contributed by atoms with Crippen LogP contribution in [0.3, 0.4) is 0 Å². The molecule has 0 amide bonds. The van der Waals surface area contributed by atoms with Crippen molar-refractivity contribution in [2.75, 3.05) is 27.4 Å². The van der Waals surface area contributed by atoms with Crippen LogP contribution in [0.4, 0.5) is 0 Å². The number of benzene rings is 2. The van der Waals surface area contributed by atoms with Crippen molar-refractivity contribution >= 4 is 30.4 Å². The molecule has 0 bridgehead atoms. The number of hydrogen-bond acceptors (Lipinski definition) is 5. The minimum Gasteiger partial charge on any atom is -0.497 e. The molecule has 1 fully saturated rings. The molecule has 156 valence electrons. The summed E-state index contributed by atoms with van der Waals surface area (Å²) >= 11 is 6.02. The number of carboxylic acids is 1. The summed E-state index contributed by atoms with van der Waals surface area (Å²) in [7, 11) is -0.612. The van der Waals surface area contributed by atoms with Crippen molar-refractivity contribution in [1.29, 1.82) is 0 Å². The number of ether oxygens (including phenoxy) is 2. The van der Waals surface area contributed by atoms with Crippen molar-refractivity contribution in [3.05, 3.63) is 59.1 Å². The van der Waals surface area contributed by atoms with Crippen LogP contribution in [0.1, 0.15) is 18.0 Å². The standard InChI is InChI=1S/C20H23ClNO6P/c1-26-16-7-9-18(10-8-16)29(25)22(12-20(23)24)19(11-17(27-2)13-28-29)14-3-5-15(21)6-4-14/h3-10,17,19H,11-13H2,1-2H3,(H,23,24). The summed E-state index contributed by atoms with van der Waals surface area (Å²) in [6.45, 7) is -0.368. The highest BCUT2D eigenvalue weighted by atomic mass is 35.5. The fourth-order valence-corrected chi connectivity index (χ4v) is 5.89. The van der Waals surface area contributed by atoms with Gasteiger partial charge in [0.2, 0.25) is 0 Å². The van der Waals surface area contributed by atoms with Gasteiger partial charge in [0, 0.05) is 18.2 Å². The first-order valence-electron chi connectivity index (χ1n) is 9.03. The van der Waals surface area contributed by atoms with Gasteiger partial charge in [0.1, 0.15) is 12.3 Å². The molecule has 29 heavy (non-hydrogen) atoms. The fourth-order valence-electron chi connectivity index (χ4n) is 3.37. The summed E-state index contributed by atoms with van der Waals surface area (Å²) in [6, 6.07) is 13.2. The lowest BCUT2D eigenvalue weighted by atomic mass is 10.0. The molecule has 3 rings (SSSR count). The van der Waals surface area contributed by atoms with Crippen LogP contribution in [-0.4, -0.2) is 49.2 Å². The largest absolute Gasteiger partial charge is 0.497 e. The van der Waals surface area contributed by atoms with E-state index in [1.54, 1.807) is 55.6 Å². The van der Waals surface area contributed by atoms with Crippen LogP contribution in [0.2, 0.25) is 5.02 Å². The predicted molar refractivity (Wildman–Crippen MR) is 110 cm³/mol. The Kier molecular flexibility index (Phi) is 6.98. The lowest BCUT2D eigenvalue weighted by Gasteiger charge is -2.34. The zero-order chi connectivity index (χ0) is 21.0. The molecule has 1 N–H and O–H groups in total. The Bertz CT molecular complexity index is 889. The van der Waals surface area contributed by atoms with E-state index in [1.807, 2.05) is 0 Å². The van der Waals surface area contributed by atoms with Gasteiger partial charge in [-0.15, -0.1) is 0 Å². The van der Waals surface area contributed by atoms with E-state index in [-0.39, 0.29) is 12.7 Å². The lowest BCUT2D eigenvalue weighted by molar-refractivity contribution is -0.137. The molecular weight excluding hydrogens is 417 g/mol. The highest BCUT2D eigenvalue weighted by Crippen LogP contribution is 2.57. The lowest BCUT2D eigenvalue weighted by Crippen LogP contribution is -2.34. The average molecular weight is 440 g/mol. The summed E-state index contributed by atoms with van der Waals surface area (Å²) in [5, 5.41) is 10.5. The van der Waals surface area contributed by atoms with Crippen LogP contribution in [0.15, 0.2) is 48.5 Å². The van der Waals surface area contributed by atoms with E-state index >= 15 is 0 Å². The highest BCUT2D eigenvalue weighted by molar-refractivity contribution is 7.64. The van der Waals surface area contributed by atoms with Gasteiger partial charge in [0.05, 0.1) is 25.1 Å². The monoisotopic (exact) mass is 439 g/mol. The topological polar surface area (TPSA) is 85.3 Å². The van der Waals surface area contributed by atoms with E-state index in [0.717, 1.165) is 5.56 Å². The van der Waals surface area contributed by atoms with Crippen molar-refractivity contribution < 1.29 is 28.5 Å². The van der Waals surface area contributed by atoms with Gasteiger partial charge in [-0.05, 0) is 48.4 Å². The van der Waals surface area contributed by atoms with Gasteiger partial charge in [0.25, 0.3) is 0 Å². The number of halogens is 1. The maximum absolute atomic E-state index is 14.2. The molecular formula is C20H23ClNO6P. The van der Waals surface area contributed by atoms with Crippen LogP contribution in [-0.2, 0) is 18.6 Å². The van der Waals surface area contributed by atoms with Crippen molar-refractivity contribution in [1.82, 2.24) is 4.67 Å². The Morgan fingerprint density at radius 2 is 1.86 bits per heavy atom. The first kappa shape index (κ1) is 21.8. The number of carboxylic acid groups (broad SMARTS) is 1. The summed E-state index contributed by atoms with van der Waals surface area (Å²) in [5.41, 5.74) is 0.789. The highest BCUT2D eigenvalue weighted by Gasteiger charge is 2.44. The van der Waals surface area contributed by atoms with Crippen LogP contribution < -0.4 is 10.0 Å². The summed E-state index contributed by atoms with van der Waals surface area (Å²) < 4.78 is 32.1. The molecule has 7 nitrogen and oxygen atoms in total. The van der Waals surface area contributed by atoms with Crippen molar-refractivity contribution in [3.8, 4) is 5.75 Å². The second kappa shape index (κ2) is 9.28. The van der Waals surface area contributed by atoms with E-state index in [2.05, 4.69) is 0 Å². The van der Waals surface area contributed by atoms with E-state index in [1.165, 1.54) is 11.8 Å². The molecule has 0 spiro atoms. The van der Waals surface area contributed by atoms with Crippen molar-refractivity contribution in [2.45, 2.75) is 18.6 Å². The number of rotatable bonds is 6. The maximum atomic E-state index is 14.2. The molecule has 3 unspecified atom stereocenters. The number of nitrogens with zero attached hydrogens (tertiary/aromatic N) is 1. The van der Waals surface area contributed by atoms with Gasteiger partial charge < -0.3 is 19.1 Å².